The van der Waals surface area contributed by atoms with Gasteiger partial charge in [0.05, 0.1) is 0 Å². The highest BCUT2D eigenvalue weighted by atomic mass is 31.3. The molecular formula is C6H18O7P2Si. The summed E-state index contributed by atoms with van der Waals surface area (Å²) in [6.07, 6.45) is 0.745. The Kier molecular flexibility index (Phi) is 5.58. The summed E-state index contributed by atoms with van der Waals surface area (Å²) in [6, 6.07) is 0. The Labute approximate surface area is 95.8 Å². The molecule has 0 aliphatic carbocycles. The molecule has 0 fully saturated rings. The zero-order chi connectivity index (χ0) is 13.2. The van der Waals surface area contributed by atoms with Gasteiger partial charge >= 0.3 is 15.6 Å². The molecule has 7 nitrogen and oxygen atoms in total. The van der Waals surface area contributed by atoms with E-state index in [2.05, 4.69) is 4.31 Å². The van der Waals surface area contributed by atoms with Gasteiger partial charge in [-0.05, 0) is 18.6 Å². The van der Waals surface area contributed by atoms with Crippen molar-refractivity contribution in [2.75, 3.05) is 0 Å². The lowest BCUT2D eigenvalue weighted by Gasteiger charge is -2.29. The van der Waals surface area contributed by atoms with Gasteiger partial charge in [0.1, 0.15) is 0 Å². The van der Waals surface area contributed by atoms with Crippen LogP contribution in [0.3, 0.4) is 0 Å². The van der Waals surface area contributed by atoms with Gasteiger partial charge in [0.2, 0.25) is 8.32 Å². The fourth-order valence-electron chi connectivity index (χ4n) is 1.03. The van der Waals surface area contributed by atoms with Crippen molar-refractivity contribution in [2.45, 2.75) is 38.9 Å². The molecule has 0 aromatic heterocycles. The summed E-state index contributed by atoms with van der Waals surface area (Å²) in [6.45, 7) is 7.12. The molecule has 0 bridgehead atoms. The monoisotopic (exact) mass is 292 g/mol. The van der Waals surface area contributed by atoms with Gasteiger partial charge in [0.15, 0.2) is 0 Å². The van der Waals surface area contributed by atoms with Crippen molar-refractivity contribution in [3.05, 3.63) is 0 Å². The van der Waals surface area contributed by atoms with E-state index < -0.39 is 24.0 Å². The summed E-state index contributed by atoms with van der Waals surface area (Å²) in [5, 5.41) is 0. The van der Waals surface area contributed by atoms with Gasteiger partial charge in [0.25, 0.3) is 0 Å². The van der Waals surface area contributed by atoms with Crippen molar-refractivity contribution in [1.82, 2.24) is 0 Å². The highest BCUT2D eigenvalue weighted by molar-refractivity contribution is 7.61. The molecule has 16 heavy (non-hydrogen) atoms. The van der Waals surface area contributed by atoms with Crippen LogP contribution < -0.4 is 0 Å². The molecule has 2 unspecified atom stereocenters. The van der Waals surface area contributed by atoms with Crippen LogP contribution in [0.2, 0.25) is 18.6 Å². The standard InChI is InChI=1S/C6H18O7P2Si/c1-5-6(2)16(3,4)13-15(10,11)12-14(7,8)9/h6H,5H2,1-4H3,(H,10,11)(H2,7,8,9). The molecule has 0 amide bonds. The summed E-state index contributed by atoms with van der Waals surface area (Å²) < 4.78 is 30.4. The largest absolute Gasteiger partial charge is 0.478 e. The first kappa shape index (κ1) is 16.5. The minimum Gasteiger partial charge on any atom is -0.329 e. The number of hydrogen-bond acceptors (Lipinski definition) is 4. The SMILES string of the molecule is CCC(C)[Si](C)(C)OP(=O)(O)OP(=O)(O)O. The predicted octanol–water partition coefficient (Wildman–Crippen LogP) is 2.22. The Bertz CT molecular complexity index is 325. The van der Waals surface area contributed by atoms with E-state index in [4.69, 9.17) is 14.0 Å². The van der Waals surface area contributed by atoms with Crippen LogP contribution in [-0.2, 0) is 17.7 Å². The van der Waals surface area contributed by atoms with E-state index in [1.54, 1.807) is 13.1 Å². The third kappa shape index (κ3) is 6.27. The summed E-state index contributed by atoms with van der Waals surface area (Å²) in [5.41, 5.74) is 0.0633. The Balaban J connectivity index is 4.71. The summed E-state index contributed by atoms with van der Waals surface area (Å²) >= 11 is 0. The van der Waals surface area contributed by atoms with Crippen LogP contribution in [0.1, 0.15) is 20.3 Å². The zero-order valence-electron chi connectivity index (χ0n) is 9.65. The fourth-order valence-corrected chi connectivity index (χ4v) is 6.62. The maximum Gasteiger partial charge on any atom is 0.478 e. The first-order valence-corrected chi connectivity index (χ1v) is 10.7. The van der Waals surface area contributed by atoms with Gasteiger partial charge in [0, 0.05) is 0 Å². The van der Waals surface area contributed by atoms with E-state index in [1.165, 1.54) is 0 Å². The van der Waals surface area contributed by atoms with E-state index in [0.29, 0.717) is 0 Å². The second kappa shape index (κ2) is 5.41. The maximum atomic E-state index is 11.3. The molecule has 10 heteroatoms. The second-order valence-electron chi connectivity index (χ2n) is 4.04. The molecule has 2 atom stereocenters. The van der Waals surface area contributed by atoms with Crippen LogP contribution in [0.25, 0.3) is 0 Å². The molecule has 98 valence electrons. The van der Waals surface area contributed by atoms with E-state index >= 15 is 0 Å². The Morgan fingerprint density at radius 2 is 1.69 bits per heavy atom. The molecule has 0 aliphatic heterocycles. The summed E-state index contributed by atoms with van der Waals surface area (Å²) in [5.74, 6) is 0. The van der Waals surface area contributed by atoms with Gasteiger partial charge in [-0.15, -0.1) is 0 Å². The highest BCUT2D eigenvalue weighted by Gasteiger charge is 2.41. The Hall–Kier alpha value is 0.477. The average molecular weight is 292 g/mol. The van der Waals surface area contributed by atoms with Gasteiger partial charge in [-0.25, -0.2) is 9.13 Å². The third-order valence-electron chi connectivity index (χ3n) is 2.36. The molecule has 0 aromatic rings. The lowest BCUT2D eigenvalue weighted by atomic mass is 10.4. The number of rotatable bonds is 6. The fraction of sp³-hybridized carbons (Fsp3) is 1.00. The molecule has 3 N–H and O–H groups in total. The smallest absolute Gasteiger partial charge is 0.329 e. The van der Waals surface area contributed by atoms with Crippen molar-refractivity contribution in [3.8, 4) is 0 Å². The van der Waals surface area contributed by atoms with Gasteiger partial charge in [-0.1, -0.05) is 20.3 Å². The van der Waals surface area contributed by atoms with Crippen LogP contribution in [0, 0.1) is 0 Å². The van der Waals surface area contributed by atoms with E-state index in [0.717, 1.165) is 6.42 Å². The van der Waals surface area contributed by atoms with Crippen molar-refractivity contribution >= 4 is 24.0 Å². The molecule has 0 radical (unpaired) electrons. The Morgan fingerprint density at radius 3 is 2.00 bits per heavy atom. The molecule has 0 aliphatic rings. The van der Waals surface area contributed by atoms with Gasteiger partial charge in [-0.2, -0.15) is 4.31 Å². The van der Waals surface area contributed by atoms with Crippen LogP contribution >= 0.6 is 15.6 Å². The van der Waals surface area contributed by atoms with Gasteiger partial charge < -0.3 is 18.9 Å². The molecule has 0 aromatic carbocycles. The van der Waals surface area contributed by atoms with Gasteiger partial charge in [-0.3, -0.25) is 0 Å². The lowest BCUT2D eigenvalue weighted by molar-refractivity contribution is 0.227. The molecule has 0 saturated heterocycles. The van der Waals surface area contributed by atoms with E-state index in [-0.39, 0.29) is 5.54 Å². The summed E-state index contributed by atoms with van der Waals surface area (Å²) in [7, 11) is -12.3. The topological polar surface area (TPSA) is 113 Å². The first-order valence-electron chi connectivity index (χ1n) is 4.70. The summed E-state index contributed by atoms with van der Waals surface area (Å²) in [4.78, 5) is 26.1. The Morgan fingerprint density at radius 1 is 1.25 bits per heavy atom. The lowest BCUT2D eigenvalue weighted by Crippen LogP contribution is -2.34. The maximum absolute atomic E-state index is 11.3. The van der Waals surface area contributed by atoms with E-state index in [9.17, 15) is 14.0 Å². The molecule has 0 saturated carbocycles. The third-order valence-corrected chi connectivity index (χ3v) is 9.62. The van der Waals surface area contributed by atoms with Crippen LogP contribution in [0.4, 0.5) is 0 Å². The van der Waals surface area contributed by atoms with Crippen molar-refractivity contribution in [1.29, 1.82) is 0 Å². The number of phosphoric acid groups is 2. The average Bonchev–Trinajstić information content (AvgIpc) is 1.95. The van der Waals surface area contributed by atoms with E-state index in [1.807, 2.05) is 13.8 Å². The normalized spacial score (nSPS) is 19.2. The van der Waals surface area contributed by atoms with Crippen molar-refractivity contribution in [2.24, 2.45) is 0 Å². The van der Waals surface area contributed by atoms with Crippen LogP contribution in [-0.4, -0.2) is 23.0 Å². The van der Waals surface area contributed by atoms with Crippen molar-refractivity contribution in [3.63, 3.8) is 0 Å². The molecule has 0 spiro atoms. The second-order valence-corrected chi connectivity index (χ2v) is 11.5. The minimum absolute atomic E-state index is 0.0633. The molecular weight excluding hydrogens is 274 g/mol. The molecule has 0 heterocycles. The number of hydrogen-bond donors (Lipinski definition) is 3. The zero-order valence-corrected chi connectivity index (χ0v) is 12.4. The quantitative estimate of drug-likeness (QED) is 0.508. The highest BCUT2D eigenvalue weighted by Crippen LogP contribution is 2.59. The first-order chi connectivity index (χ1) is 6.90. The molecule has 0 rings (SSSR count). The van der Waals surface area contributed by atoms with Crippen molar-refractivity contribution < 1.29 is 32.3 Å². The van der Waals surface area contributed by atoms with Crippen LogP contribution in [0.15, 0.2) is 0 Å². The minimum atomic E-state index is -5.03. The predicted molar refractivity (Wildman–Crippen MR) is 61.2 cm³/mol. The van der Waals surface area contributed by atoms with Crippen LogP contribution in [0.5, 0.6) is 0 Å².